The molecule has 0 aliphatic heterocycles. The molecule has 2 aromatic rings. The van der Waals surface area contributed by atoms with E-state index in [0.717, 1.165) is 11.3 Å². The lowest BCUT2D eigenvalue weighted by Crippen LogP contribution is -2.24. The number of hydrogen-bond donors (Lipinski definition) is 3. The summed E-state index contributed by atoms with van der Waals surface area (Å²) in [6, 6.07) is 9.34. The molecule has 0 fully saturated rings. The molecule has 0 atom stereocenters. The highest BCUT2D eigenvalue weighted by molar-refractivity contribution is 7.94. The summed E-state index contributed by atoms with van der Waals surface area (Å²) in [7, 11) is -3.58. The molecule has 0 radical (unpaired) electrons. The van der Waals surface area contributed by atoms with E-state index in [1.54, 1.807) is 23.6 Å². The van der Waals surface area contributed by atoms with Gasteiger partial charge in [0.25, 0.3) is 15.9 Å². The number of sulfonamides is 1. The Balaban J connectivity index is 2.02. The number of aliphatic hydroxyl groups is 1. The van der Waals surface area contributed by atoms with Crippen molar-refractivity contribution in [1.82, 2.24) is 5.32 Å². The second-order valence-electron chi connectivity index (χ2n) is 4.45. The number of anilines is 1. The maximum Gasteiger partial charge on any atom is 0.271 e. The van der Waals surface area contributed by atoms with Crippen LogP contribution in [0.4, 0.5) is 5.69 Å². The fraction of sp³-hybridized carbons (Fsp3) is 0.214. The third kappa shape index (κ3) is 4.30. The molecule has 1 amide bonds. The van der Waals surface area contributed by atoms with Crippen LogP contribution in [0.1, 0.15) is 16.8 Å². The summed E-state index contributed by atoms with van der Waals surface area (Å²) in [5.41, 5.74) is 0.817. The topological polar surface area (TPSA) is 95.5 Å². The quantitative estimate of drug-likeness (QED) is 0.668. The van der Waals surface area contributed by atoms with Crippen LogP contribution in [0.5, 0.6) is 0 Å². The van der Waals surface area contributed by atoms with E-state index >= 15 is 0 Å². The van der Waals surface area contributed by atoms with Gasteiger partial charge in [-0.3, -0.25) is 9.52 Å². The predicted molar refractivity (Wildman–Crippen MR) is 85.6 cm³/mol. The number of carbonyl (C=O) groups excluding carboxylic acids is 1. The van der Waals surface area contributed by atoms with Gasteiger partial charge in [0.1, 0.15) is 4.21 Å². The first kappa shape index (κ1) is 16.5. The largest absolute Gasteiger partial charge is 0.396 e. The molecule has 0 unspecified atom stereocenters. The predicted octanol–water partition coefficient (Wildman–Crippen LogP) is 1.66. The van der Waals surface area contributed by atoms with Crippen LogP contribution in [0.25, 0.3) is 0 Å². The Bertz CT molecular complexity index is 710. The van der Waals surface area contributed by atoms with E-state index in [4.69, 9.17) is 5.11 Å². The number of nitrogens with one attached hydrogen (secondary N) is 2. The minimum absolute atomic E-state index is 0.0176. The average Bonchev–Trinajstić information content (AvgIpc) is 3.03. The van der Waals surface area contributed by atoms with E-state index in [-0.39, 0.29) is 16.7 Å². The monoisotopic (exact) mass is 340 g/mol. The zero-order chi connectivity index (χ0) is 16.0. The molecular weight excluding hydrogens is 324 g/mol. The Morgan fingerprint density at radius 3 is 2.50 bits per heavy atom. The smallest absolute Gasteiger partial charge is 0.271 e. The molecule has 1 aromatic heterocycles. The third-order valence-corrected chi connectivity index (χ3v) is 5.56. The first-order valence-electron chi connectivity index (χ1n) is 6.58. The molecule has 0 saturated carbocycles. The Hall–Kier alpha value is -1.90. The van der Waals surface area contributed by atoms with E-state index in [1.165, 1.54) is 18.2 Å². The van der Waals surface area contributed by atoms with Gasteiger partial charge in [-0.05, 0) is 42.1 Å². The van der Waals surface area contributed by atoms with E-state index in [2.05, 4.69) is 10.0 Å². The zero-order valence-electron chi connectivity index (χ0n) is 11.7. The van der Waals surface area contributed by atoms with Crippen LogP contribution in [0.3, 0.4) is 0 Å². The molecule has 118 valence electrons. The number of amides is 1. The first-order valence-corrected chi connectivity index (χ1v) is 8.94. The highest BCUT2D eigenvalue weighted by Gasteiger charge is 2.15. The number of aliphatic hydroxyl groups excluding tert-OH is 1. The van der Waals surface area contributed by atoms with Gasteiger partial charge in [-0.25, -0.2) is 8.42 Å². The van der Waals surface area contributed by atoms with Crippen molar-refractivity contribution in [3.05, 3.63) is 47.3 Å². The molecular formula is C14H16N2O4S2. The SMILES string of the molecule is O=C(NCCCO)c1ccc(NS(=O)(=O)c2cccs2)cc1. The second-order valence-corrected chi connectivity index (χ2v) is 7.30. The summed E-state index contributed by atoms with van der Waals surface area (Å²) in [5.74, 6) is -0.263. The van der Waals surface area contributed by atoms with E-state index < -0.39 is 10.0 Å². The third-order valence-electron chi connectivity index (χ3n) is 2.78. The van der Waals surface area contributed by atoms with Gasteiger partial charge in [0.15, 0.2) is 0 Å². The van der Waals surface area contributed by atoms with Gasteiger partial charge in [-0.2, -0.15) is 0 Å². The standard InChI is InChI=1S/C14H16N2O4S2/c17-9-2-8-15-14(18)11-4-6-12(7-5-11)16-22(19,20)13-3-1-10-21-13/h1,3-7,10,16-17H,2,8-9H2,(H,15,18). The highest BCUT2D eigenvalue weighted by atomic mass is 32.2. The number of carbonyl (C=O) groups is 1. The number of thiophene rings is 1. The van der Waals surface area contributed by atoms with Crippen LogP contribution in [-0.2, 0) is 10.0 Å². The molecule has 0 aliphatic rings. The van der Waals surface area contributed by atoms with Crippen molar-refractivity contribution < 1.29 is 18.3 Å². The highest BCUT2D eigenvalue weighted by Crippen LogP contribution is 2.20. The molecule has 1 aromatic carbocycles. The van der Waals surface area contributed by atoms with Gasteiger partial charge in [0, 0.05) is 24.4 Å². The Morgan fingerprint density at radius 1 is 1.18 bits per heavy atom. The van der Waals surface area contributed by atoms with Gasteiger partial charge < -0.3 is 10.4 Å². The maximum atomic E-state index is 12.1. The van der Waals surface area contributed by atoms with Crippen molar-refractivity contribution in [2.75, 3.05) is 17.9 Å². The van der Waals surface area contributed by atoms with Gasteiger partial charge in [0.2, 0.25) is 0 Å². The number of hydrogen-bond acceptors (Lipinski definition) is 5. The summed E-state index contributed by atoms with van der Waals surface area (Å²) >= 11 is 1.13. The fourth-order valence-corrected chi connectivity index (χ4v) is 3.75. The summed E-state index contributed by atoms with van der Waals surface area (Å²) in [5, 5.41) is 13.0. The van der Waals surface area contributed by atoms with E-state index in [9.17, 15) is 13.2 Å². The van der Waals surface area contributed by atoms with Crippen LogP contribution in [-0.4, -0.2) is 32.6 Å². The van der Waals surface area contributed by atoms with Gasteiger partial charge in [0.05, 0.1) is 0 Å². The zero-order valence-corrected chi connectivity index (χ0v) is 13.3. The molecule has 0 spiro atoms. The molecule has 22 heavy (non-hydrogen) atoms. The van der Waals surface area contributed by atoms with Crippen molar-refractivity contribution in [2.24, 2.45) is 0 Å². The van der Waals surface area contributed by atoms with Crippen LogP contribution < -0.4 is 10.0 Å². The Kier molecular flexibility index (Phi) is 5.53. The first-order chi connectivity index (χ1) is 10.5. The van der Waals surface area contributed by atoms with Crippen molar-refractivity contribution >= 4 is 33.0 Å². The lowest BCUT2D eigenvalue weighted by Gasteiger charge is -2.08. The molecule has 0 aliphatic carbocycles. The van der Waals surface area contributed by atoms with Crippen LogP contribution in [0.15, 0.2) is 46.0 Å². The van der Waals surface area contributed by atoms with E-state index in [0.29, 0.717) is 24.2 Å². The number of rotatable bonds is 7. The van der Waals surface area contributed by atoms with Crippen molar-refractivity contribution in [3.8, 4) is 0 Å². The molecule has 0 bridgehead atoms. The van der Waals surface area contributed by atoms with Crippen molar-refractivity contribution in [3.63, 3.8) is 0 Å². The van der Waals surface area contributed by atoms with Crippen LogP contribution >= 0.6 is 11.3 Å². The number of benzene rings is 1. The van der Waals surface area contributed by atoms with Crippen molar-refractivity contribution in [2.45, 2.75) is 10.6 Å². The van der Waals surface area contributed by atoms with Gasteiger partial charge in [-0.15, -0.1) is 11.3 Å². The molecule has 2 rings (SSSR count). The van der Waals surface area contributed by atoms with Crippen molar-refractivity contribution in [1.29, 1.82) is 0 Å². The minimum Gasteiger partial charge on any atom is -0.396 e. The molecule has 0 saturated heterocycles. The van der Waals surface area contributed by atoms with Crippen LogP contribution in [0, 0.1) is 0 Å². The lowest BCUT2D eigenvalue weighted by molar-refractivity contribution is 0.0951. The maximum absolute atomic E-state index is 12.1. The summed E-state index contributed by atoms with van der Waals surface area (Å²) in [6.07, 6.45) is 0.491. The molecule has 3 N–H and O–H groups in total. The molecule has 8 heteroatoms. The average molecular weight is 340 g/mol. The van der Waals surface area contributed by atoms with Gasteiger partial charge in [-0.1, -0.05) is 6.07 Å². The molecule has 1 heterocycles. The Labute approximate surface area is 132 Å². The summed E-state index contributed by atoms with van der Waals surface area (Å²) in [4.78, 5) is 11.8. The lowest BCUT2D eigenvalue weighted by atomic mass is 10.2. The Morgan fingerprint density at radius 2 is 1.91 bits per heavy atom. The second kappa shape index (κ2) is 7.39. The molecule has 6 nitrogen and oxygen atoms in total. The van der Waals surface area contributed by atoms with E-state index in [1.807, 2.05) is 0 Å². The fourth-order valence-electron chi connectivity index (χ4n) is 1.69. The summed E-state index contributed by atoms with van der Waals surface area (Å²) < 4.78 is 26.8. The normalized spacial score (nSPS) is 11.1. The van der Waals surface area contributed by atoms with Crippen LogP contribution in [0.2, 0.25) is 0 Å². The minimum atomic E-state index is -3.58. The summed E-state index contributed by atoms with van der Waals surface area (Å²) in [6.45, 7) is 0.409. The van der Waals surface area contributed by atoms with Gasteiger partial charge >= 0.3 is 0 Å².